The molecule has 212 valence electrons. The van der Waals surface area contributed by atoms with Gasteiger partial charge < -0.3 is 4.42 Å². The summed E-state index contributed by atoms with van der Waals surface area (Å²) in [4.78, 5) is 0. The third-order valence-electron chi connectivity index (χ3n) is 10.0. The maximum atomic E-state index is 7.08. The molecule has 2 heteroatoms. The maximum Gasteiger partial charge on any atom is 0.143 e. The minimum absolute atomic E-state index is 0.942. The number of furan rings is 1. The molecule has 0 bridgehead atoms. The number of hydrogen-bond acceptors (Lipinski definition) is 2. The van der Waals surface area contributed by atoms with Crippen molar-refractivity contribution in [3.05, 3.63) is 146 Å². The molecule has 2 heterocycles. The molecule has 0 spiro atoms. The third-order valence-corrected chi connectivity index (χ3v) is 11.2. The standard InChI is InChI=1S/C44H24OS/c1-2-10-29-25(7-1)17-22-36-42-33(30-20-18-28-16-15-26-8-5-9-27-19-21-32(30)40(28)39(26)27)23-24-34(44(42)45-43(29)36)31-12-6-14-38-41(31)35-11-3-4-13-37(35)46-38/h1-24H. The highest BCUT2D eigenvalue weighted by atomic mass is 32.1. The average molecular weight is 601 g/mol. The Balaban J connectivity index is 1.30. The second-order valence-electron chi connectivity index (χ2n) is 12.4. The Hall–Kier alpha value is -5.70. The summed E-state index contributed by atoms with van der Waals surface area (Å²) >= 11 is 1.86. The fourth-order valence-electron chi connectivity index (χ4n) is 8.01. The molecule has 0 N–H and O–H groups in total. The molecule has 46 heavy (non-hydrogen) atoms. The minimum Gasteiger partial charge on any atom is -0.455 e. The highest BCUT2D eigenvalue weighted by Gasteiger charge is 2.22. The zero-order chi connectivity index (χ0) is 29.9. The zero-order valence-corrected chi connectivity index (χ0v) is 25.5. The van der Waals surface area contributed by atoms with Crippen LogP contribution in [0.2, 0.25) is 0 Å². The van der Waals surface area contributed by atoms with E-state index in [-0.39, 0.29) is 0 Å². The van der Waals surface area contributed by atoms with E-state index in [1.165, 1.54) is 80.0 Å². The molecular weight excluding hydrogens is 577 g/mol. The van der Waals surface area contributed by atoms with Gasteiger partial charge in [0.2, 0.25) is 0 Å². The van der Waals surface area contributed by atoms with E-state index >= 15 is 0 Å². The van der Waals surface area contributed by atoms with Crippen LogP contribution < -0.4 is 0 Å². The van der Waals surface area contributed by atoms with Crippen molar-refractivity contribution in [2.45, 2.75) is 0 Å². The van der Waals surface area contributed by atoms with Gasteiger partial charge in [0, 0.05) is 41.9 Å². The van der Waals surface area contributed by atoms with E-state index in [0.29, 0.717) is 0 Å². The van der Waals surface area contributed by atoms with Crippen molar-refractivity contribution in [2.75, 3.05) is 0 Å². The SMILES string of the molecule is c1ccc2c(c1)ccc1c2oc2c(-c3cccc4sc5ccccc5c34)ccc(-c3ccc4ccc5cccc6ccc3c4c56)c21. The molecule has 0 amide bonds. The summed E-state index contributed by atoms with van der Waals surface area (Å²) in [5.74, 6) is 0. The van der Waals surface area contributed by atoms with E-state index in [1.807, 2.05) is 11.3 Å². The van der Waals surface area contributed by atoms with Gasteiger partial charge in [-0.3, -0.25) is 0 Å². The Morgan fingerprint density at radius 2 is 0.913 bits per heavy atom. The van der Waals surface area contributed by atoms with E-state index in [2.05, 4.69) is 146 Å². The van der Waals surface area contributed by atoms with Gasteiger partial charge in [0.1, 0.15) is 11.2 Å². The molecule has 11 rings (SSSR count). The first-order chi connectivity index (χ1) is 22.8. The van der Waals surface area contributed by atoms with E-state index in [9.17, 15) is 0 Å². The van der Waals surface area contributed by atoms with Gasteiger partial charge in [0.25, 0.3) is 0 Å². The van der Waals surface area contributed by atoms with Gasteiger partial charge in [-0.1, -0.05) is 121 Å². The van der Waals surface area contributed by atoms with E-state index in [0.717, 1.165) is 27.5 Å². The topological polar surface area (TPSA) is 13.1 Å². The molecular formula is C44H24OS. The summed E-state index contributed by atoms with van der Waals surface area (Å²) in [6, 6.07) is 53.4. The largest absolute Gasteiger partial charge is 0.455 e. The normalized spacial score (nSPS) is 12.3. The molecule has 11 aromatic rings. The van der Waals surface area contributed by atoms with Gasteiger partial charge in [-0.2, -0.15) is 0 Å². The van der Waals surface area contributed by atoms with Crippen molar-refractivity contribution in [1.82, 2.24) is 0 Å². The second-order valence-corrected chi connectivity index (χ2v) is 13.5. The van der Waals surface area contributed by atoms with Gasteiger partial charge in [-0.25, -0.2) is 0 Å². The molecule has 0 fully saturated rings. The average Bonchev–Trinajstić information content (AvgIpc) is 3.70. The summed E-state index contributed by atoms with van der Waals surface area (Å²) < 4.78 is 9.68. The fraction of sp³-hybridized carbons (Fsp3) is 0. The highest BCUT2D eigenvalue weighted by molar-refractivity contribution is 7.25. The van der Waals surface area contributed by atoms with E-state index in [4.69, 9.17) is 4.42 Å². The monoisotopic (exact) mass is 600 g/mol. The summed E-state index contributed by atoms with van der Waals surface area (Å²) in [5.41, 5.74) is 6.67. The van der Waals surface area contributed by atoms with Gasteiger partial charge in [-0.05, 0) is 78.7 Å². The van der Waals surface area contributed by atoms with Crippen molar-refractivity contribution >= 4 is 96.5 Å². The molecule has 0 radical (unpaired) electrons. The van der Waals surface area contributed by atoms with Crippen LogP contribution in [0, 0.1) is 0 Å². The molecule has 0 aliphatic rings. The predicted molar refractivity (Wildman–Crippen MR) is 199 cm³/mol. The quantitative estimate of drug-likeness (QED) is 0.180. The van der Waals surface area contributed by atoms with Crippen LogP contribution in [0.5, 0.6) is 0 Å². The smallest absolute Gasteiger partial charge is 0.143 e. The number of benzene rings is 9. The van der Waals surface area contributed by atoms with Crippen LogP contribution in [0.4, 0.5) is 0 Å². The van der Waals surface area contributed by atoms with Crippen molar-refractivity contribution in [2.24, 2.45) is 0 Å². The zero-order valence-electron chi connectivity index (χ0n) is 24.7. The molecule has 0 aliphatic carbocycles. The van der Waals surface area contributed by atoms with Crippen LogP contribution in [0.15, 0.2) is 150 Å². The Kier molecular flexibility index (Phi) is 4.78. The molecule has 2 aromatic heterocycles. The van der Waals surface area contributed by atoms with Crippen molar-refractivity contribution in [1.29, 1.82) is 0 Å². The summed E-state index contributed by atoms with van der Waals surface area (Å²) in [6.45, 7) is 0. The van der Waals surface area contributed by atoms with Crippen molar-refractivity contribution in [3.8, 4) is 22.3 Å². The van der Waals surface area contributed by atoms with E-state index in [1.54, 1.807) is 0 Å². The van der Waals surface area contributed by atoms with Crippen LogP contribution in [-0.2, 0) is 0 Å². The Bertz CT molecular complexity index is 3010. The van der Waals surface area contributed by atoms with Gasteiger partial charge in [0.15, 0.2) is 0 Å². The number of thiophene rings is 1. The lowest BCUT2D eigenvalue weighted by atomic mass is 9.87. The van der Waals surface area contributed by atoms with Crippen molar-refractivity contribution < 1.29 is 4.42 Å². The molecule has 0 saturated carbocycles. The minimum atomic E-state index is 0.942. The highest BCUT2D eigenvalue weighted by Crippen LogP contribution is 2.48. The molecule has 0 saturated heterocycles. The first kappa shape index (κ1) is 24.6. The van der Waals surface area contributed by atoms with Crippen LogP contribution in [0.3, 0.4) is 0 Å². The van der Waals surface area contributed by atoms with Crippen LogP contribution in [0.1, 0.15) is 0 Å². The lowest BCUT2D eigenvalue weighted by Crippen LogP contribution is -1.89. The van der Waals surface area contributed by atoms with Gasteiger partial charge >= 0.3 is 0 Å². The summed E-state index contributed by atoms with van der Waals surface area (Å²) in [5, 5.41) is 15.0. The molecule has 9 aromatic carbocycles. The first-order valence-electron chi connectivity index (χ1n) is 15.8. The first-order valence-corrected chi connectivity index (χ1v) is 16.6. The van der Waals surface area contributed by atoms with Crippen LogP contribution in [0.25, 0.3) is 107 Å². The van der Waals surface area contributed by atoms with Crippen LogP contribution in [-0.4, -0.2) is 0 Å². The van der Waals surface area contributed by atoms with E-state index < -0.39 is 0 Å². The predicted octanol–water partition coefficient (Wildman–Crippen LogP) is 13.3. The number of hydrogen-bond donors (Lipinski definition) is 0. The Morgan fingerprint density at radius 1 is 0.304 bits per heavy atom. The lowest BCUT2D eigenvalue weighted by Gasteiger charge is -2.15. The third kappa shape index (κ3) is 3.19. The maximum absolute atomic E-state index is 7.08. The van der Waals surface area contributed by atoms with Crippen LogP contribution >= 0.6 is 11.3 Å². The van der Waals surface area contributed by atoms with Crippen molar-refractivity contribution in [3.63, 3.8) is 0 Å². The molecule has 0 unspecified atom stereocenters. The summed E-state index contributed by atoms with van der Waals surface area (Å²) in [6.07, 6.45) is 0. The Morgan fingerprint density at radius 3 is 1.83 bits per heavy atom. The fourth-order valence-corrected chi connectivity index (χ4v) is 9.15. The second kappa shape index (κ2) is 8.94. The lowest BCUT2D eigenvalue weighted by molar-refractivity contribution is 0.674. The molecule has 0 atom stereocenters. The van der Waals surface area contributed by atoms with Gasteiger partial charge in [-0.15, -0.1) is 11.3 Å². The Labute approximate surface area is 267 Å². The molecule has 0 aliphatic heterocycles. The van der Waals surface area contributed by atoms with Gasteiger partial charge in [0.05, 0.1) is 0 Å². The number of fused-ring (bicyclic) bond motifs is 8. The number of rotatable bonds is 2. The summed E-state index contributed by atoms with van der Waals surface area (Å²) in [7, 11) is 0. The molecule has 1 nitrogen and oxygen atoms in total.